The minimum absolute atomic E-state index is 0.0106. The maximum absolute atomic E-state index is 11.9. The van der Waals surface area contributed by atoms with E-state index in [1.54, 1.807) is 6.92 Å². The van der Waals surface area contributed by atoms with Crippen LogP contribution in [0.2, 0.25) is 0 Å². The van der Waals surface area contributed by atoms with Gasteiger partial charge in [-0.3, -0.25) is 4.79 Å². The fourth-order valence-electron chi connectivity index (χ4n) is 2.00. The number of esters is 1. The van der Waals surface area contributed by atoms with Crippen LogP contribution in [-0.4, -0.2) is 40.0 Å². The number of fused-ring (bicyclic) bond motifs is 1. The van der Waals surface area contributed by atoms with E-state index in [-0.39, 0.29) is 23.1 Å². The predicted molar refractivity (Wildman–Crippen MR) is 77.0 cm³/mol. The Balaban J connectivity index is 2.42. The summed E-state index contributed by atoms with van der Waals surface area (Å²) in [6, 6.07) is 4.62. The van der Waals surface area contributed by atoms with E-state index in [1.165, 1.54) is 18.2 Å². The zero-order chi connectivity index (χ0) is 17.1. The van der Waals surface area contributed by atoms with Crippen LogP contribution in [0.25, 0.3) is 11.0 Å². The molecular formula is C15H14O8. The number of aliphatic hydroxyl groups excluding tert-OH is 2. The van der Waals surface area contributed by atoms with Crippen molar-refractivity contribution in [3.8, 4) is 0 Å². The molecule has 1 aromatic heterocycles. The highest BCUT2D eigenvalue weighted by molar-refractivity contribution is 5.87. The highest BCUT2D eigenvalue weighted by Gasteiger charge is 2.27. The van der Waals surface area contributed by atoms with Crippen molar-refractivity contribution < 1.29 is 34.1 Å². The average Bonchev–Trinajstić information content (AvgIpc) is 2.53. The van der Waals surface area contributed by atoms with Gasteiger partial charge < -0.3 is 24.5 Å². The molecule has 8 heteroatoms. The van der Waals surface area contributed by atoms with Crippen molar-refractivity contribution in [2.24, 2.45) is 0 Å². The first-order chi connectivity index (χ1) is 10.8. The maximum Gasteiger partial charge on any atom is 0.371 e. The normalized spacial score (nSPS) is 13.5. The van der Waals surface area contributed by atoms with Crippen LogP contribution in [0.4, 0.5) is 0 Å². The third kappa shape index (κ3) is 3.38. The standard InChI is InChI=1S/C15H14O8/c1-2-22-15(21)13(18)12(17)7-3-4-10-8(5-7)9(16)6-11(23-10)14(19)20/h3-6,12-13,17-18H,2H2,1H3,(H,19,20). The molecule has 0 radical (unpaired) electrons. The van der Waals surface area contributed by atoms with Gasteiger partial charge in [0.15, 0.2) is 11.5 Å². The van der Waals surface area contributed by atoms with Crippen LogP contribution in [0.5, 0.6) is 0 Å². The number of aromatic carboxylic acids is 1. The SMILES string of the molecule is CCOC(=O)C(O)C(O)c1ccc2oc(C(=O)O)cc(=O)c2c1. The molecule has 122 valence electrons. The second kappa shape index (κ2) is 6.59. The number of aliphatic hydroxyl groups is 2. The minimum atomic E-state index is -1.81. The summed E-state index contributed by atoms with van der Waals surface area (Å²) >= 11 is 0. The molecule has 1 aromatic carbocycles. The summed E-state index contributed by atoms with van der Waals surface area (Å²) in [6.45, 7) is 1.60. The molecule has 2 unspecified atom stereocenters. The van der Waals surface area contributed by atoms with Crippen LogP contribution in [-0.2, 0) is 9.53 Å². The summed E-state index contributed by atoms with van der Waals surface area (Å²) in [5.41, 5.74) is -0.520. The van der Waals surface area contributed by atoms with E-state index in [1.807, 2.05) is 0 Å². The maximum atomic E-state index is 11.9. The molecule has 2 aromatic rings. The fraction of sp³-hybridized carbons (Fsp3) is 0.267. The monoisotopic (exact) mass is 322 g/mol. The molecule has 0 aliphatic carbocycles. The molecule has 0 amide bonds. The largest absolute Gasteiger partial charge is 0.475 e. The number of ether oxygens (including phenoxy) is 1. The minimum Gasteiger partial charge on any atom is -0.475 e. The lowest BCUT2D eigenvalue weighted by atomic mass is 10.0. The lowest BCUT2D eigenvalue weighted by Gasteiger charge is -2.16. The first kappa shape index (κ1) is 16.7. The number of hydrogen-bond donors (Lipinski definition) is 3. The van der Waals surface area contributed by atoms with Crippen LogP contribution in [0.1, 0.15) is 29.1 Å². The van der Waals surface area contributed by atoms with Crippen molar-refractivity contribution in [2.45, 2.75) is 19.1 Å². The van der Waals surface area contributed by atoms with E-state index in [0.29, 0.717) is 0 Å². The van der Waals surface area contributed by atoms with Crippen LogP contribution in [0.15, 0.2) is 33.5 Å². The van der Waals surface area contributed by atoms with Crippen molar-refractivity contribution in [3.63, 3.8) is 0 Å². The molecule has 2 rings (SSSR count). The molecule has 0 spiro atoms. The molecule has 8 nitrogen and oxygen atoms in total. The molecule has 2 atom stereocenters. The molecular weight excluding hydrogens is 308 g/mol. The Morgan fingerprint density at radius 2 is 1.96 bits per heavy atom. The first-order valence-electron chi connectivity index (χ1n) is 6.69. The lowest BCUT2D eigenvalue weighted by Crippen LogP contribution is -2.29. The second-order valence-electron chi connectivity index (χ2n) is 4.68. The summed E-state index contributed by atoms with van der Waals surface area (Å²) in [5.74, 6) is -2.89. The van der Waals surface area contributed by atoms with Gasteiger partial charge in [0, 0.05) is 6.07 Å². The van der Waals surface area contributed by atoms with Crippen molar-refractivity contribution in [3.05, 3.63) is 45.8 Å². The third-order valence-corrected chi connectivity index (χ3v) is 3.13. The molecule has 0 aliphatic rings. The zero-order valence-corrected chi connectivity index (χ0v) is 12.1. The average molecular weight is 322 g/mol. The number of carbonyl (C=O) groups is 2. The van der Waals surface area contributed by atoms with Gasteiger partial charge >= 0.3 is 11.9 Å². The summed E-state index contributed by atoms with van der Waals surface area (Å²) in [6.07, 6.45) is -3.41. The van der Waals surface area contributed by atoms with E-state index in [0.717, 1.165) is 6.07 Å². The number of carbonyl (C=O) groups excluding carboxylic acids is 1. The van der Waals surface area contributed by atoms with Crippen molar-refractivity contribution in [1.82, 2.24) is 0 Å². The quantitative estimate of drug-likeness (QED) is 0.675. The van der Waals surface area contributed by atoms with E-state index >= 15 is 0 Å². The van der Waals surface area contributed by atoms with Crippen molar-refractivity contribution in [1.29, 1.82) is 0 Å². The number of benzene rings is 1. The summed E-state index contributed by atoms with van der Waals surface area (Å²) in [5, 5.41) is 28.6. The Morgan fingerprint density at radius 3 is 2.57 bits per heavy atom. The topological polar surface area (TPSA) is 134 Å². The molecule has 3 N–H and O–H groups in total. The van der Waals surface area contributed by atoms with Crippen molar-refractivity contribution in [2.75, 3.05) is 6.61 Å². The van der Waals surface area contributed by atoms with Gasteiger partial charge in [-0.25, -0.2) is 9.59 Å². The van der Waals surface area contributed by atoms with Gasteiger partial charge in [-0.1, -0.05) is 6.07 Å². The van der Waals surface area contributed by atoms with Crippen LogP contribution < -0.4 is 5.43 Å². The Kier molecular flexibility index (Phi) is 4.77. The zero-order valence-electron chi connectivity index (χ0n) is 12.1. The molecule has 23 heavy (non-hydrogen) atoms. The van der Waals surface area contributed by atoms with Crippen LogP contribution in [0, 0.1) is 0 Å². The van der Waals surface area contributed by atoms with Gasteiger partial charge in [0.2, 0.25) is 5.76 Å². The predicted octanol–water partition coefficient (Wildman–Crippen LogP) is 0.449. The Hall–Kier alpha value is -2.71. The van der Waals surface area contributed by atoms with Crippen LogP contribution in [0.3, 0.4) is 0 Å². The highest BCUT2D eigenvalue weighted by atomic mass is 16.5. The summed E-state index contributed by atoms with van der Waals surface area (Å²) in [7, 11) is 0. The third-order valence-electron chi connectivity index (χ3n) is 3.13. The van der Waals surface area contributed by atoms with Crippen molar-refractivity contribution >= 4 is 22.9 Å². The molecule has 0 aliphatic heterocycles. The molecule has 0 fully saturated rings. The Morgan fingerprint density at radius 1 is 1.26 bits per heavy atom. The molecule has 0 bridgehead atoms. The summed E-state index contributed by atoms with van der Waals surface area (Å²) < 4.78 is 9.66. The molecule has 1 heterocycles. The number of hydrogen-bond acceptors (Lipinski definition) is 7. The summed E-state index contributed by atoms with van der Waals surface area (Å²) in [4.78, 5) is 34.2. The number of carboxylic acids is 1. The first-order valence-corrected chi connectivity index (χ1v) is 6.69. The Labute approximate surface area is 129 Å². The smallest absolute Gasteiger partial charge is 0.371 e. The Bertz CT molecular complexity index is 807. The van der Waals surface area contributed by atoms with Gasteiger partial charge in [0.25, 0.3) is 0 Å². The molecule has 0 saturated heterocycles. The van der Waals surface area contributed by atoms with Crippen LogP contribution >= 0.6 is 0 Å². The van der Waals surface area contributed by atoms with Gasteiger partial charge in [-0.15, -0.1) is 0 Å². The van der Waals surface area contributed by atoms with Gasteiger partial charge in [0.05, 0.1) is 12.0 Å². The fourth-order valence-corrected chi connectivity index (χ4v) is 2.00. The van der Waals surface area contributed by atoms with Gasteiger partial charge in [-0.05, 0) is 24.6 Å². The number of rotatable bonds is 5. The van der Waals surface area contributed by atoms with E-state index in [4.69, 9.17) is 9.52 Å². The van der Waals surface area contributed by atoms with Gasteiger partial charge in [-0.2, -0.15) is 0 Å². The van der Waals surface area contributed by atoms with E-state index in [2.05, 4.69) is 4.74 Å². The van der Waals surface area contributed by atoms with Gasteiger partial charge in [0.1, 0.15) is 11.7 Å². The van der Waals surface area contributed by atoms with E-state index in [9.17, 15) is 24.6 Å². The van der Waals surface area contributed by atoms with E-state index < -0.39 is 35.3 Å². The highest BCUT2D eigenvalue weighted by Crippen LogP contribution is 2.22. The number of carboxylic acid groups (broad SMARTS) is 1. The second-order valence-corrected chi connectivity index (χ2v) is 4.68. The molecule has 0 saturated carbocycles. The lowest BCUT2D eigenvalue weighted by molar-refractivity contribution is -0.159.